The van der Waals surface area contributed by atoms with E-state index in [1.165, 1.54) is 10.4 Å². The fraction of sp³-hybridized carbons (Fsp3) is 0.278. The van der Waals surface area contributed by atoms with Crippen molar-refractivity contribution in [2.24, 2.45) is 0 Å². The number of alkyl halides is 3. The number of hydrogen-bond donors (Lipinski definition) is 2. The van der Waals surface area contributed by atoms with Gasteiger partial charge in [-0.2, -0.15) is 17.5 Å². The summed E-state index contributed by atoms with van der Waals surface area (Å²) in [6.45, 7) is 0.770. The van der Waals surface area contributed by atoms with Crippen molar-refractivity contribution in [3.63, 3.8) is 0 Å². The van der Waals surface area contributed by atoms with Gasteiger partial charge in [-0.05, 0) is 55.3 Å². The number of benzene rings is 2. The molecule has 0 saturated carbocycles. The van der Waals surface area contributed by atoms with E-state index in [-0.39, 0.29) is 16.1 Å². The molecule has 1 amide bonds. The fourth-order valence-electron chi connectivity index (χ4n) is 2.88. The number of aromatic hydroxyl groups is 1. The Morgan fingerprint density at radius 2 is 1.64 bits per heavy atom. The lowest BCUT2D eigenvalue weighted by atomic mass is 10.1. The lowest BCUT2D eigenvalue weighted by Gasteiger charge is -2.16. The van der Waals surface area contributed by atoms with E-state index >= 15 is 0 Å². The number of carbonyl (C=O) groups excluding carboxylic acids is 1. The van der Waals surface area contributed by atoms with Gasteiger partial charge in [-0.1, -0.05) is 0 Å². The molecular weight excluding hydrogens is 397 g/mol. The van der Waals surface area contributed by atoms with Gasteiger partial charge in [-0.3, -0.25) is 4.79 Å². The van der Waals surface area contributed by atoms with Gasteiger partial charge in [0.2, 0.25) is 10.0 Å². The summed E-state index contributed by atoms with van der Waals surface area (Å²) in [4.78, 5) is 12.3. The molecule has 2 aromatic carbocycles. The Kier molecular flexibility index (Phi) is 5.35. The van der Waals surface area contributed by atoms with Crippen LogP contribution in [0.2, 0.25) is 0 Å². The smallest absolute Gasteiger partial charge is 0.416 e. The fourth-order valence-corrected chi connectivity index (χ4v) is 4.42. The first kappa shape index (κ1) is 20.2. The molecule has 1 heterocycles. The number of rotatable bonds is 4. The van der Waals surface area contributed by atoms with Gasteiger partial charge >= 0.3 is 6.18 Å². The molecule has 0 radical (unpaired) electrons. The van der Waals surface area contributed by atoms with Crippen molar-refractivity contribution in [1.82, 2.24) is 4.31 Å². The molecule has 150 valence electrons. The molecule has 1 aliphatic heterocycles. The van der Waals surface area contributed by atoms with Crippen molar-refractivity contribution in [3.05, 3.63) is 53.6 Å². The first-order valence-corrected chi connectivity index (χ1v) is 9.85. The summed E-state index contributed by atoms with van der Waals surface area (Å²) in [5.74, 6) is -1.28. The van der Waals surface area contributed by atoms with E-state index in [1.54, 1.807) is 0 Å². The average molecular weight is 414 g/mol. The highest BCUT2D eigenvalue weighted by Crippen LogP contribution is 2.30. The number of amides is 1. The molecule has 6 nitrogen and oxygen atoms in total. The lowest BCUT2D eigenvalue weighted by molar-refractivity contribution is -0.137. The number of sulfonamides is 1. The molecule has 0 unspecified atom stereocenters. The Bertz CT molecular complexity index is 983. The van der Waals surface area contributed by atoms with Crippen molar-refractivity contribution in [3.8, 4) is 5.75 Å². The Labute approximate surface area is 159 Å². The third-order valence-electron chi connectivity index (χ3n) is 4.39. The van der Waals surface area contributed by atoms with Crippen LogP contribution in [0.25, 0.3) is 0 Å². The number of nitrogens with zero attached hydrogens (tertiary/aromatic N) is 1. The van der Waals surface area contributed by atoms with Gasteiger partial charge in [0.25, 0.3) is 5.91 Å². The second-order valence-corrected chi connectivity index (χ2v) is 8.26. The lowest BCUT2D eigenvalue weighted by Crippen LogP contribution is -2.28. The van der Waals surface area contributed by atoms with Crippen molar-refractivity contribution < 1.29 is 31.5 Å². The summed E-state index contributed by atoms with van der Waals surface area (Å²) >= 11 is 0. The zero-order valence-corrected chi connectivity index (χ0v) is 15.3. The minimum atomic E-state index is -4.50. The van der Waals surface area contributed by atoms with Crippen LogP contribution in [0.5, 0.6) is 5.75 Å². The molecule has 0 aromatic heterocycles. The molecular formula is C18H17F3N2O4S. The standard InChI is InChI=1S/C18H17F3N2O4S/c19-18(20,21)12-3-5-13(6-4-12)22-17(25)15-11-14(7-8-16(15)24)28(26,27)23-9-1-2-10-23/h3-8,11,24H,1-2,9-10H2,(H,22,25). The van der Waals surface area contributed by atoms with E-state index in [0.717, 1.165) is 49.2 Å². The highest BCUT2D eigenvalue weighted by atomic mass is 32.2. The number of carbonyl (C=O) groups is 1. The number of phenolic OH excluding ortho intramolecular Hbond substituents is 1. The Morgan fingerprint density at radius 1 is 1.04 bits per heavy atom. The largest absolute Gasteiger partial charge is 0.507 e. The molecule has 3 rings (SSSR count). The van der Waals surface area contributed by atoms with Crippen molar-refractivity contribution in [1.29, 1.82) is 0 Å². The maximum absolute atomic E-state index is 12.6. The quantitative estimate of drug-likeness (QED) is 0.802. The van der Waals surface area contributed by atoms with Gasteiger partial charge in [0.15, 0.2) is 0 Å². The van der Waals surface area contributed by atoms with Crippen LogP contribution in [-0.2, 0) is 16.2 Å². The monoisotopic (exact) mass is 414 g/mol. The normalized spacial score (nSPS) is 15.5. The molecule has 0 spiro atoms. The summed E-state index contributed by atoms with van der Waals surface area (Å²) in [5, 5.41) is 12.3. The molecule has 1 fully saturated rings. The van der Waals surface area contributed by atoms with Crippen LogP contribution in [0, 0.1) is 0 Å². The highest BCUT2D eigenvalue weighted by Gasteiger charge is 2.30. The third-order valence-corrected chi connectivity index (χ3v) is 6.28. The van der Waals surface area contributed by atoms with E-state index in [1.807, 2.05) is 0 Å². The van der Waals surface area contributed by atoms with Crippen LogP contribution < -0.4 is 5.32 Å². The first-order valence-electron chi connectivity index (χ1n) is 8.41. The van der Waals surface area contributed by atoms with Crippen LogP contribution in [0.4, 0.5) is 18.9 Å². The maximum atomic E-state index is 12.6. The molecule has 0 atom stereocenters. The molecule has 0 bridgehead atoms. The molecule has 1 saturated heterocycles. The van der Waals surface area contributed by atoms with E-state index in [0.29, 0.717) is 13.1 Å². The average Bonchev–Trinajstić information content (AvgIpc) is 3.17. The molecule has 1 aliphatic rings. The number of halogens is 3. The minimum Gasteiger partial charge on any atom is -0.507 e. The molecule has 2 N–H and O–H groups in total. The number of anilines is 1. The minimum absolute atomic E-state index is 0.0743. The predicted molar refractivity (Wildman–Crippen MR) is 95.5 cm³/mol. The van der Waals surface area contributed by atoms with Gasteiger partial charge < -0.3 is 10.4 Å². The number of phenols is 1. The van der Waals surface area contributed by atoms with E-state index in [4.69, 9.17) is 0 Å². The summed E-state index contributed by atoms with van der Waals surface area (Å²) < 4.78 is 64.3. The van der Waals surface area contributed by atoms with Crippen LogP contribution in [-0.4, -0.2) is 36.8 Å². The molecule has 28 heavy (non-hydrogen) atoms. The summed E-state index contributed by atoms with van der Waals surface area (Å²) in [6, 6.07) is 7.13. The SMILES string of the molecule is O=C(Nc1ccc(C(F)(F)F)cc1)c1cc(S(=O)(=O)N2CCCC2)ccc1O. The topological polar surface area (TPSA) is 86.7 Å². The Balaban J connectivity index is 1.84. The summed E-state index contributed by atoms with van der Waals surface area (Å²) in [6.07, 6.45) is -3.00. The number of nitrogens with one attached hydrogen (secondary N) is 1. The van der Waals surface area contributed by atoms with E-state index < -0.39 is 33.4 Å². The highest BCUT2D eigenvalue weighted by molar-refractivity contribution is 7.89. The van der Waals surface area contributed by atoms with Crippen LogP contribution in [0.15, 0.2) is 47.4 Å². The van der Waals surface area contributed by atoms with Gasteiger partial charge in [-0.25, -0.2) is 8.42 Å². The third kappa shape index (κ3) is 4.12. The summed E-state index contributed by atoms with van der Waals surface area (Å²) in [7, 11) is -3.79. The van der Waals surface area contributed by atoms with Crippen LogP contribution in [0.3, 0.4) is 0 Å². The second-order valence-electron chi connectivity index (χ2n) is 6.32. The zero-order valence-electron chi connectivity index (χ0n) is 14.5. The van der Waals surface area contributed by atoms with Crippen molar-refractivity contribution in [2.75, 3.05) is 18.4 Å². The Hall–Kier alpha value is -2.59. The van der Waals surface area contributed by atoms with Crippen LogP contribution >= 0.6 is 0 Å². The van der Waals surface area contributed by atoms with E-state index in [2.05, 4.69) is 5.32 Å². The molecule has 2 aromatic rings. The number of hydrogen-bond acceptors (Lipinski definition) is 4. The van der Waals surface area contributed by atoms with Gasteiger partial charge in [0.05, 0.1) is 16.0 Å². The van der Waals surface area contributed by atoms with Gasteiger partial charge in [0, 0.05) is 18.8 Å². The van der Waals surface area contributed by atoms with E-state index in [9.17, 15) is 31.5 Å². The summed E-state index contributed by atoms with van der Waals surface area (Å²) in [5.41, 5.74) is -1.09. The van der Waals surface area contributed by atoms with Crippen molar-refractivity contribution >= 4 is 21.6 Å². The van der Waals surface area contributed by atoms with Crippen molar-refractivity contribution in [2.45, 2.75) is 23.9 Å². The Morgan fingerprint density at radius 3 is 2.21 bits per heavy atom. The predicted octanol–water partition coefficient (Wildman–Crippen LogP) is 3.45. The second kappa shape index (κ2) is 7.44. The first-order chi connectivity index (χ1) is 13.1. The van der Waals surface area contributed by atoms with Gasteiger partial charge in [0.1, 0.15) is 5.75 Å². The van der Waals surface area contributed by atoms with Gasteiger partial charge in [-0.15, -0.1) is 0 Å². The molecule has 0 aliphatic carbocycles. The maximum Gasteiger partial charge on any atom is 0.416 e. The molecule has 10 heteroatoms. The van der Waals surface area contributed by atoms with Crippen LogP contribution in [0.1, 0.15) is 28.8 Å². The zero-order chi connectivity index (χ0) is 20.5.